The van der Waals surface area contributed by atoms with E-state index >= 15 is 0 Å². The maximum atomic E-state index is 11.8. The van der Waals surface area contributed by atoms with Crippen LogP contribution in [0.4, 0.5) is 13.2 Å². The summed E-state index contributed by atoms with van der Waals surface area (Å²) >= 11 is 4.44. The first kappa shape index (κ1) is 10.1. The number of likely N-dealkylation sites (tertiary alicyclic amines) is 1. The van der Waals surface area contributed by atoms with Gasteiger partial charge in [0, 0.05) is 24.9 Å². The van der Waals surface area contributed by atoms with Crippen molar-refractivity contribution in [3.05, 3.63) is 0 Å². The molecule has 0 aromatic rings. The van der Waals surface area contributed by atoms with E-state index in [1.54, 1.807) is 4.90 Å². The van der Waals surface area contributed by atoms with E-state index in [0.717, 1.165) is 12.8 Å². The second kappa shape index (κ2) is 3.83. The van der Waals surface area contributed by atoms with Crippen LogP contribution in [0.1, 0.15) is 12.8 Å². The largest absolute Gasteiger partial charge is 0.448 e. The molecule has 0 bridgehead atoms. The highest BCUT2D eigenvalue weighted by atomic mass is 32.2. The molecule has 0 amide bonds. The Morgan fingerprint density at radius 3 is 2.17 bits per heavy atom. The molecule has 1 nitrogen and oxygen atoms in total. The highest BCUT2D eigenvalue weighted by molar-refractivity contribution is 8.23. The van der Waals surface area contributed by atoms with Crippen molar-refractivity contribution < 1.29 is 13.2 Å². The lowest BCUT2D eigenvalue weighted by Gasteiger charge is -2.18. The summed E-state index contributed by atoms with van der Waals surface area (Å²) in [5.41, 5.74) is -4.24. The third kappa shape index (κ3) is 3.18. The van der Waals surface area contributed by atoms with Crippen LogP contribution in [0.25, 0.3) is 0 Å². The molecule has 1 aliphatic heterocycles. The highest BCUT2D eigenvalue weighted by Crippen LogP contribution is 2.33. The van der Waals surface area contributed by atoms with E-state index in [1.807, 2.05) is 0 Å². The molecule has 1 rings (SSSR count). The van der Waals surface area contributed by atoms with E-state index in [1.165, 1.54) is 0 Å². The molecule has 0 atom stereocenters. The zero-order valence-corrected chi connectivity index (χ0v) is 7.86. The molecular weight excluding hydrogens is 207 g/mol. The third-order valence-electron chi connectivity index (χ3n) is 1.57. The average molecular weight is 215 g/mol. The van der Waals surface area contributed by atoms with Gasteiger partial charge in [-0.3, -0.25) is 0 Å². The van der Waals surface area contributed by atoms with Crippen LogP contribution < -0.4 is 0 Å². The summed E-state index contributed by atoms with van der Waals surface area (Å²) in [5.74, 6) is 0. The normalized spacial score (nSPS) is 18.4. The van der Waals surface area contributed by atoms with Gasteiger partial charge in [-0.2, -0.15) is 13.2 Å². The fourth-order valence-corrected chi connectivity index (χ4v) is 2.04. The average Bonchev–Trinajstić information content (AvgIpc) is 2.32. The summed E-state index contributed by atoms with van der Waals surface area (Å²) < 4.78 is 35.4. The van der Waals surface area contributed by atoms with Crippen LogP contribution in [0.2, 0.25) is 0 Å². The van der Waals surface area contributed by atoms with Crippen LogP contribution in [0.5, 0.6) is 0 Å². The number of halogens is 3. The number of hydrogen-bond acceptors (Lipinski definition) is 2. The summed E-state index contributed by atoms with van der Waals surface area (Å²) in [4.78, 5) is 1.60. The summed E-state index contributed by atoms with van der Waals surface area (Å²) in [6.07, 6.45) is 1.89. The lowest BCUT2D eigenvalue weighted by Crippen LogP contribution is -2.25. The monoisotopic (exact) mass is 215 g/mol. The predicted octanol–water partition coefficient (Wildman–Crippen LogP) is 2.62. The van der Waals surface area contributed by atoms with E-state index in [-0.39, 0.29) is 16.1 Å². The second-order valence-corrected chi connectivity index (χ2v) is 4.21. The van der Waals surface area contributed by atoms with Gasteiger partial charge in [-0.25, -0.2) is 0 Å². The van der Waals surface area contributed by atoms with E-state index in [9.17, 15) is 13.2 Å². The van der Waals surface area contributed by atoms with Gasteiger partial charge in [-0.1, -0.05) is 12.2 Å². The van der Waals surface area contributed by atoms with Crippen molar-refractivity contribution in [2.24, 2.45) is 0 Å². The molecule has 0 N–H and O–H groups in total. The van der Waals surface area contributed by atoms with Gasteiger partial charge < -0.3 is 4.90 Å². The lowest BCUT2D eigenvalue weighted by atomic mass is 10.4. The molecule has 0 saturated carbocycles. The Bertz CT molecular complexity index is 174. The summed E-state index contributed by atoms with van der Waals surface area (Å²) in [5, 5.41) is 0. The number of thioether (sulfide) groups is 1. The predicted molar refractivity (Wildman–Crippen MR) is 47.1 cm³/mol. The topological polar surface area (TPSA) is 3.24 Å². The number of nitrogens with zero attached hydrogens (tertiary/aromatic N) is 1. The molecule has 70 valence electrons. The summed E-state index contributed by atoms with van der Waals surface area (Å²) in [6, 6.07) is 0. The minimum absolute atomic E-state index is 0.0417. The number of alkyl halides is 3. The van der Waals surface area contributed by atoms with E-state index in [4.69, 9.17) is 0 Å². The zero-order valence-electron chi connectivity index (χ0n) is 6.23. The quantitative estimate of drug-likeness (QED) is 0.572. The first-order chi connectivity index (χ1) is 5.49. The number of hydrogen-bond donors (Lipinski definition) is 0. The Labute approximate surface area is 78.3 Å². The molecule has 0 spiro atoms. The van der Waals surface area contributed by atoms with Crippen molar-refractivity contribution in [2.45, 2.75) is 18.3 Å². The van der Waals surface area contributed by atoms with Crippen molar-refractivity contribution in [1.82, 2.24) is 4.90 Å². The fourth-order valence-electron chi connectivity index (χ4n) is 1.06. The van der Waals surface area contributed by atoms with Crippen LogP contribution in [-0.2, 0) is 0 Å². The van der Waals surface area contributed by atoms with Crippen LogP contribution >= 0.6 is 24.0 Å². The standard InChI is InChI=1S/C6H8F3NS2/c7-6(8,9)12-5(11)10-3-1-2-4-10/h1-4H2. The molecule has 0 aliphatic carbocycles. The van der Waals surface area contributed by atoms with Gasteiger partial charge in [0.15, 0.2) is 0 Å². The smallest absolute Gasteiger partial charge is 0.357 e. The Morgan fingerprint density at radius 2 is 1.75 bits per heavy atom. The Hall–Kier alpha value is 0.0300. The molecule has 12 heavy (non-hydrogen) atoms. The van der Waals surface area contributed by atoms with E-state index in [2.05, 4.69) is 12.2 Å². The van der Waals surface area contributed by atoms with Crippen LogP contribution in [0.15, 0.2) is 0 Å². The highest BCUT2D eigenvalue weighted by Gasteiger charge is 2.33. The maximum absolute atomic E-state index is 11.8. The molecule has 0 aromatic heterocycles. The van der Waals surface area contributed by atoms with Gasteiger partial charge in [-0.15, -0.1) is 0 Å². The van der Waals surface area contributed by atoms with E-state index < -0.39 is 5.51 Å². The molecular formula is C6H8F3NS2. The van der Waals surface area contributed by atoms with Crippen molar-refractivity contribution in [1.29, 1.82) is 0 Å². The van der Waals surface area contributed by atoms with Gasteiger partial charge in [0.25, 0.3) is 0 Å². The van der Waals surface area contributed by atoms with Crippen LogP contribution in [0.3, 0.4) is 0 Å². The fraction of sp³-hybridized carbons (Fsp3) is 0.833. The SMILES string of the molecule is FC(F)(F)SC(=S)N1CCCC1. The molecule has 1 fully saturated rings. The van der Waals surface area contributed by atoms with Gasteiger partial charge >= 0.3 is 5.51 Å². The number of thiocarbonyl (C=S) groups is 1. The van der Waals surface area contributed by atoms with Crippen LogP contribution in [0, 0.1) is 0 Å². The molecule has 0 aromatic carbocycles. The molecule has 1 saturated heterocycles. The minimum atomic E-state index is -4.24. The maximum Gasteiger partial charge on any atom is 0.448 e. The first-order valence-electron chi connectivity index (χ1n) is 3.54. The number of rotatable bonds is 0. The van der Waals surface area contributed by atoms with Crippen molar-refractivity contribution >= 4 is 28.3 Å². The Balaban J connectivity index is 2.37. The summed E-state index contributed by atoms with van der Waals surface area (Å²) in [6.45, 7) is 1.34. The van der Waals surface area contributed by atoms with Gasteiger partial charge in [0.1, 0.15) is 4.32 Å². The minimum Gasteiger partial charge on any atom is -0.357 e. The molecule has 6 heteroatoms. The lowest BCUT2D eigenvalue weighted by molar-refractivity contribution is -0.0317. The second-order valence-electron chi connectivity index (χ2n) is 2.51. The molecule has 0 radical (unpaired) electrons. The third-order valence-corrected chi connectivity index (χ3v) is 2.74. The van der Waals surface area contributed by atoms with Crippen molar-refractivity contribution in [2.75, 3.05) is 13.1 Å². The van der Waals surface area contributed by atoms with Crippen molar-refractivity contribution in [3.8, 4) is 0 Å². The van der Waals surface area contributed by atoms with Crippen molar-refractivity contribution in [3.63, 3.8) is 0 Å². The Morgan fingerprint density at radius 1 is 1.25 bits per heavy atom. The molecule has 1 aliphatic rings. The van der Waals surface area contributed by atoms with E-state index in [0.29, 0.717) is 13.1 Å². The summed E-state index contributed by atoms with van der Waals surface area (Å²) in [7, 11) is 0. The van der Waals surface area contributed by atoms with Gasteiger partial charge in [-0.05, 0) is 12.8 Å². The molecule has 0 unspecified atom stereocenters. The van der Waals surface area contributed by atoms with Gasteiger partial charge in [0.2, 0.25) is 0 Å². The Kier molecular flexibility index (Phi) is 3.22. The van der Waals surface area contributed by atoms with Gasteiger partial charge in [0.05, 0.1) is 0 Å². The van der Waals surface area contributed by atoms with Crippen LogP contribution in [-0.4, -0.2) is 27.8 Å². The zero-order chi connectivity index (χ0) is 9.19. The first-order valence-corrected chi connectivity index (χ1v) is 4.76. The molecule has 1 heterocycles.